The van der Waals surface area contributed by atoms with E-state index in [1.54, 1.807) is 7.11 Å². The SMILES string of the molecule is COc1ccc(C2CC(c3ccccc3)=Nc3ccccc3S2)cc1. The Bertz CT molecular complexity index is 887. The van der Waals surface area contributed by atoms with Crippen molar-refractivity contribution in [2.45, 2.75) is 16.6 Å². The smallest absolute Gasteiger partial charge is 0.118 e. The fourth-order valence-electron chi connectivity index (χ4n) is 3.03. The third-order valence-electron chi connectivity index (χ3n) is 4.36. The van der Waals surface area contributed by atoms with E-state index in [0.29, 0.717) is 5.25 Å². The van der Waals surface area contributed by atoms with E-state index in [9.17, 15) is 0 Å². The first-order valence-electron chi connectivity index (χ1n) is 8.36. The summed E-state index contributed by atoms with van der Waals surface area (Å²) < 4.78 is 5.30. The van der Waals surface area contributed by atoms with Gasteiger partial charge in [-0.2, -0.15) is 0 Å². The van der Waals surface area contributed by atoms with Crippen LogP contribution in [-0.2, 0) is 0 Å². The molecule has 0 bridgehead atoms. The van der Waals surface area contributed by atoms with Crippen molar-refractivity contribution in [1.82, 2.24) is 0 Å². The standard InChI is InChI=1S/C22H19NOS/c1-24-18-13-11-17(12-14-18)22-15-20(16-7-3-2-4-8-16)23-19-9-5-6-10-21(19)25-22/h2-14,22H,15H2,1H3. The highest BCUT2D eigenvalue weighted by atomic mass is 32.2. The molecule has 0 spiro atoms. The highest BCUT2D eigenvalue weighted by molar-refractivity contribution is 7.99. The molecule has 0 N–H and O–H groups in total. The minimum atomic E-state index is 0.327. The molecule has 1 heterocycles. The zero-order chi connectivity index (χ0) is 17.1. The van der Waals surface area contributed by atoms with Crippen molar-refractivity contribution in [2.75, 3.05) is 7.11 Å². The second kappa shape index (κ2) is 7.16. The number of nitrogens with zero attached hydrogens (tertiary/aromatic N) is 1. The third-order valence-corrected chi connectivity index (χ3v) is 5.69. The van der Waals surface area contributed by atoms with E-state index in [-0.39, 0.29) is 0 Å². The number of hydrogen-bond donors (Lipinski definition) is 0. The molecule has 4 rings (SSSR count). The van der Waals surface area contributed by atoms with Crippen LogP contribution in [0.1, 0.15) is 22.8 Å². The van der Waals surface area contributed by atoms with Crippen LogP contribution in [0.4, 0.5) is 5.69 Å². The van der Waals surface area contributed by atoms with E-state index in [0.717, 1.165) is 23.6 Å². The van der Waals surface area contributed by atoms with Gasteiger partial charge >= 0.3 is 0 Å². The number of fused-ring (bicyclic) bond motifs is 1. The molecule has 3 aromatic carbocycles. The summed E-state index contributed by atoms with van der Waals surface area (Å²) in [6.07, 6.45) is 0.899. The number of methoxy groups -OCH3 is 1. The molecule has 1 aliphatic rings. The summed E-state index contributed by atoms with van der Waals surface area (Å²) in [5, 5.41) is 0.327. The van der Waals surface area contributed by atoms with Gasteiger partial charge in [0.25, 0.3) is 0 Å². The largest absolute Gasteiger partial charge is 0.497 e. The van der Waals surface area contributed by atoms with Crippen LogP contribution in [0.5, 0.6) is 5.75 Å². The van der Waals surface area contributed by atoms with Gasteiger partial charge in [0.2, 0.25) is 0 Å². The predicted molar refractivity (Wildman–Crippen MR) is 105 cm³/mol. The van der Waals surface area contributed by atoms with Gasteiger partial charge in [-0.05, 0) is 35.4 Å². The maximum absolute atomic E-state index is 5.30. The van der Waals surface area contributed by atoms with Crippen LogP contribution in [0.25, 0.3) is 0 Å². The fourth-order valence-corrected chi connectivity index (χ4v) is 4.26. The van der Waals surface area contributed by atoms with Crippen molar-refractivity contribution >= 4 is 23.2 Å². The maximum atomic E-state index is 5.30. The lowest BCUT2D eigenvalue weighted by molar-refractivity contribution is 0.414. The summed E-state index contributed by atoms with van der Waals surface area (Å²) >= 11 is 1.89. The molecule has 0 radical (unpaired) electrons. The first-order valence-corrected chi connectivity index (χ1v) is 9.24. The highest BCUT2D eigenvalue weighted by Gasteiger charge is 2.22. The summed E-state index contributed by atoms with van der Waals surface area (Å²) in [5.74, 6) is 0.889. The Morgan fingerprint density at radius 1 is 0.880 bits per heavy atom. The zero-order valence-corrected chi connectivity index (χ0v) is 14.9. The van der Waals surface area contributed by atoms with Crippen molar-refractivity contribution in [2.24, 2.45) is 4.99 Å². The summed E-state index contributed by atoms with van der Waals surface area (Å²) in [4.78, 5) is 6.22. The lowest BCUT2D eigenvalue weighted by Crippen LogP contribution is -2.05. The number of hydrogen-bond acceptors (Lipinski definition) is 3. The molecule has 0 fully saturated rings. The Kier molecular flexibility index (Phi) is 4.57. The Morgan fingerprint density at radius 2 is 1.60 bits per heavy atom. The Hall–Kier alpha value is -2.52. The molecule has 0 aromatic heterocycles. The maximum Gasteiger partial charge on any atom is 0.118 e. The molecular formula is C22H19NOS. The van der Waals surface area contributed by atoms with Gasteiger partial charge < -0.3 is 4.74 Å². The van der Waals surface area contributed by atoms with Gasteiger partial charge in [0, 0.05) is 22.3 Å². The van der Waals surface area contributed by atoms with Crippen LogP contribution in [0.2, 0.25) is 0 Å². The first-order chi connectivity index (χ1) is 12.3. The fraction of sp³-hybridized carbons (Fsp3) is 0.136. The molecule has 2 nitrogen and oxygen atoms in total. The lowest BCUT2D eigenvalue weighted by atomic mass is 10.0. The summed E-state index contributed by atoms with van der Waals surface area (Å²) in [7, 11) is 1.70. The normalized spacial score (nSPS) is 16.5. The summed E-state index contributed by atoms with van der Waals surface area (Å²) in [5.41, 5.74) is 4.69. The predicted octanol–water partition coefficient (Wildman–Crippen LogP) is 6.05. The molecule has 1 unspecified atom stereocenters. The first kappa shape index (κ1) is 16.0. The minimum Gasteiger partial charge on any atom is -0.497 e. The second-order valence-electron chi connectivity index (χ2n) is 5.98. The van der Waals surface area contributed by atoms with Gasteiger partial charge in [0.05, 0.1) is 12.8 Å². The van der Waals surface area contributed by atoms with E-state index in [4.69, 9.17) is 9.73 Å². The molecule has 1 atom stereocenters. The average molecular weight is 345 g/mol. The monoisotopic (exact) mass is 345 g/mol. The quantitative estimate of drug-likeness (QED) is 0.576. The van der Waals surface area contributed by atoms with Crippen molar-refractivity contribution in [3.8, 4) is 5.75 Å². The van der Waals surface area contributed by atoms with E-state index in [1.807, 2.05) is 30.0 Å². The number of thioether (sulfide) groups is 1. The topological polar surface area (TPSA) is 21.6 Å². The number of rotatable bonds is 3. The van der Waals surface area contributed by atoms with E-state index < -0.39 is 0 Å². The minimum absolute atomic E-state index is 0.327. The number of aliphatic imine (C=N–C) groups is 1. The van der Waals surface area contributed by atoms with Gasteiger partial charge in [-0.25, -0.2) is 0 Å². The molecule has 1 aliphatic heterocycles. The van der Waals surface area contributed by atoms with Crippen molar-refractivity contribution in [3.63, 3.8) is 0 Å². The summed E-state index contributed by atoms with van der Waals surface area (Å²) in [6, 6.07) is 27.3. The molecule has 0 amide bonds. The van der Waals surface area contributed by atoms with Crippen LogP contribution in [-0.4, -0.2) is 12.8 Å². The Labute approximate surface area is 152 Å². The number of benzene rings is 3. The molecule has 0 aliphatic carbocycles. The summed E-state index contributed by atoms with van der Waals surface area (Å²) in [6.45, 7) is 0. The van der Waals surface area contributed by atoms with Crippen LogP contribution in [0.15, 0.2) is 88.8 Å². The van der Waals surface area contributed by atoms with Crippen LogP contribution in [0, 0.1) is 0 Å². The average Bonchev–Trinajstić information content (AvgIpc) is 2.88. The van der Waals surface area contributed by atoms with Crippen molar-refractivity contribution in [1.29, 1.82) is 0 Å². The van der Waals surface area contributed by atoms with Crippen LogP contribution in [0.3, 0.4) is 0 Å². The molecule has 0 saturated carbocycles. The van der Waals surface area contributed by atoms with Gasteiger partial charge in [0.1, 0.15) is 5.75 Å². The second-order valence-corrected chi connectivity index (χ2v) is 7.22. The van der Waals surface area contributed by atoms with Gasteiger partial charge in [0.15, 0.2) is 0 Å². The third kappa shape index (κ3) is 3.47. The molecule has 0 saturated heterocycles. The van der Waals surface area contributed by atoms with Gasteiger partial charge in [-0.1, -0.05) is 54.6 Å². The molecule has 3 aromatic rings. The number of ether oxygens (including phenoxy) is 1. The molecule has 124 valence electrons. The van der Waals surface area contributed by atoms with E-state index in [1.165, 1.54) is 16.0 Å². The zero-order valence-electron chi connectivity index (χ0n) is 14.1. The van der Waals surface area contributed by atoms with E-state index >= 15 is 0 Å². The number of para-hydroxylation sites is 1. The van der Waals surface area contributed by atoms with Crippen LogP contribution < -0.4 is 4.74 Å². The Morgan fingerprint density at radius 3 is 2.36 bits per heavy atom. The van der Waals surface area contributed by atoms with E-state index in [2.05, 4.69) is 60.7 Å². The van der Waals surface area contributed by atoms with Gasteiger partial charge in [-0.3, -0.25) is 4.99 Å². The van der Waals surface area contributed by atoms with Crippen LogP contribution >= 0.6 is 11.8 Å². The van der Waals surface area contributed by atoms with Gasteiger partial charge in [-0.15, -0.1) is 11.8 Å². The molecular weight excluding hydrogens is 326 g/mol. The lowest BCUT2D eigenvalue weighted by Gasteiger charge is -2.16. The Balaban J connectivity index is 1.76. The molecule has 25 heavy (non-hydrogen) atoms. The highest BCUT2D eigenvalue weighted by Crippen LogP contribution is 2.45. The molecule has 3 heteroatoms. The van der Waals surface area contributed by atoms with Crippen molar-refractivity contribution in [3.05, 3.63) is 90.0 Å². The van der Waals surface area contributed by atoms with Crippen molar-refractivity contribution < 1.29 is 4.74 Å².